The van der Waals surface area contributed by atoms with Gasteiger partial charge in [-0.3, -0.25) is 9.48 Å². The highest BCUT2D eigenvalue weighted by Gasteiger charge is 2.20. The van der Waals surface area contributed by atoms with Crippen LogP contribution < -0.4 is 16.4 Å². The first-order valence-corrected chi connectivity index (χ1v) is 9.65. The molecule has 0 saturated carbocycles. The van der Waals surface area contributed by atoms with Gasteiger partial charge in [0.05, 0.1) is 12.2 Å². The lowest BCUT2D eigenvalue weighted by Crippen LogP contribution is -2.33. The third-order valence-electron chi connectivity index (χ3n) is 4.72. The lowest BCUT2D eigenvalue weighted by Gasteiger charge is -2.15. The van der Waals surface area contributed by atoms with E-state index in [0.29, 0.717) is 17.3 Å². The molecule has 1 aromatic carbocycles. The van der Waals surface area contributed by atoms with Crippen LogP contribution in [0.15, 0.2) is 59.5 Å². The Morgan fingerprint density at radius 2 is 2.03 bits per heavy atom. The number of benzene rings is 1. The lowest BCUT2D eigenvalue weighted by atomic mass is 10.1. The summed E-state index contributed by atoms with van der Waals surface area (Å²) in [6, 6.07) is 11.0. The van der Waals surface area contributed by atoms with Gasteiger partial charge in [-0.25, -0.2) is 15.0 Å². The molecule has 3 heterocycles. The standard InChI is InChI=1S/C21H22N8O2/c1-13-11-23-21(27-17-8-9-24-29(17)2)28-18(13)16-12-31-20(26-16)19(30)25-15(10-22)14-6-4-3-5-7-14/h3-9,11-12,15H,10,22H2,1-2H3,(H,25,30)(H,23,27,28)/t15-/m1/s1. The number of nitrogens with zero attached hydrogens (tertiary/aromatic N) is 5. The van der Waals surface area contributed by atoms with Gasteiger partial charge in [-0.15, -0.1) is 0 Å². The van der Waals surface area contributed by atoms with E-state index in [-0.39, 0.29) is 18.5 Å². The zero-order valence-electron chi connectivity index (χ0n) is 17.1. The smallest absolute Gasteiger partial charge is 0.307 e. The van der Waals surface area contributed by atoms with Gasteiger partial charge in [0.1, 0.15) is 23.5 Å². The summed E-state index contributed by atoms with van der Waals surface area (Å²) in [5.41, 5.74) is 8.52. The zero-order valence-corrected chi connectivity index (χ0v) is 17.1. The van der Waals surface area contributed by atoms with Crippen LogP contribution in [0.3, 0.4) is 0 Å². The highest BCUT2D eigenvalue weighted by Crippen LogP contribution is 2.23. The number of aryl methyl sites for hydroxylation is 2. The van der Waals surface area contributed by atoms with Gasteiger partial charge >= 0.3 is 5.91 Å². The highest BCUT2D eigenvalue weighted by molar-refractivity contribution is 5.90. The van der Waals surface area contributed by atoms with Crippen molar-refractivity contribution in [3.63, 3.8) is 0 Å². The van der Waals surface area contributed by atoms with Gasteiger partial charge in [-0.2, -0.15) is 5.10 Å². The molecular formula is C21H22N8O2. The fourth-order valence-corrected chi connectivity index (χ4v) is 3.04. The first kappa shape index (κ1) is 20.2. The summed E-state index contributed by atoms with van der Waals surface area (Å²) in [5, 5.41) is 10.1. The molecule has 0 aliphatic heterocycles. The van der Waals surface area contributed by atoms with Gasteiger partial charge in [-0.1, -0.05) is 30.3 Å². The minimum absolute atomic E-state index is 0.0662. The lowest BCUT2D eigenvalue weighted by molar-refractivity contribution is 0.0902. The summed E-state index contributed by atoms with van der Waals surface area (Å²) in [6.45, 7) is 2.11. The Hall–Kier alpha value is -4.05. The number of oxazole rings is 1. The number of anilines is 2. The van der Waals surface area contributed by atoms with E-state index in [1.54, 1.807) is 17.1 Å². The molecule has 0 bridgehead atoms. The summed E-state index contributed by atoms with van der Waals surface area (Å²) < 4.78 is 7.09. The van der Waals surface area contributed by atoms with Crippen LogP contribution in [0.5, 0.6) is 0 Å². The number of hydrogen-bond acceptors (Lipinski definition) is 8. The summed E-state index contributed by atoms with van der Waals surface area (Å²) in [4.78, 5) is 25.8. The number of amides is 1. The van der Waals surface area contributed by atoms with Crippen LogP contribution in [-0.2, 0) is 7.05 Å². The molecule has 4 aromatic rings. The molecule has 1 atom stereocenters. The van der Waals surface area contributed by atoms with Crippen LogP contribution in [-0.4, -0.2) is 37.2 Å². The van der Waals surface area contributed by atoms with Crippen LogP contribution in [0.1, 0.15) is 27.9 Å². The van der Waals surface area contributed by atoms with Crippen molar-refractivity contribution < 1.29 is 9.21 Å². The number of hydrogen-bond donors (Lipinski definition) is 3. The Morgan fingerprint density at radius 3 is 2.74 bits per heavy atom. The SMILES string of the molecule is Cc1cnc(Nc2ccnn2C)nc1-c1coc(C(=O)N[C@H](CN)c2ccccc2)n1. The van der Waals surface area contributed by atoms with E-state index in [2.05, 4.69) is 30.7 Å². The van der Waals surface area contributed by atoms with Crippen LogP contribution in [0, 0.1) is 6.92 Å². The predicted molar refractivity (Wildman–Crippen MR) is 114 cm³/mol. The van der Waals surface area contributed by atoms with E-state index in [1.165, 1.54) is 6.26 Å². The van der Waals surface area contributed by atoms with Crippen LogP contribution in [0.4, 0.5) is 11.8 Å². The van der Waals surface area contributed by atoms with Crippen LogP contribution >= 0.6 is 0 Å². The first-order chi connectivity index (χ1) is 15.0. The van der Waals surface area contributed by atoms with E-state index >= 15 is 0 Å². The Balaban J connectivity index is 1.53. The number of nitrogens with one attached hydrogen (secondary N) is 2. The van der Waals surface area contributed by atoms with Crippen molar-refractivity contribution in [1.82, 2.24) is 30.0 Å². The second-order valence-electron chi connectivity index (χ2n) is 6.90. The van der Waals surface area contributed by atoms with E-state index in [1.807, 2.05) is 50.4 Å². The van der Waals surface area contributed by atoms with Crippen molar-refractivity contribution in [3.8, 4) is 11.4 Å². The number of carbonyl (C=O) groups excluding carboxylic acids is 1. The molecule has 0 aliphatic carbocycles. The monoisotopic (exact) mass is 418 g/mol. The van der Waals surface area contributed by atoms with Crippen molar-refractivity contribution in [2.75, 3.05) is 11.9 Å². The van der Waals surface area contributed by atoms with Gasteiger partial charge in [-0.05, 0) is 18.1 Å². The average Bonchev–Trinajstić information content (AvgIpc) is 3.43. The van der Waals surface area contributed by atoms with Crippen LogP contribution in [0.2, 0.25) is 0 Å². The van der Waals surface area contributed by atoms with E-state index in [9.17, 15) is 4.79 Å². The maximum Gasteiger partial charge on any atom is 0.307 e. The van der Waals surface area contributed by atoms with Crippen molar-refractivity contribution in [1.29, 1.82) is 0 Å². The summed E-state index contributed by atoms with van der Waals surface area (Å²) in [7, 11) is 1.81. The molecule has 158 valence electrons. The number of rotatable bonds is 7. The molecule has 3 aromatic heterocycles. The molecule has 10 heteroatoms. The van der Waals surface area contributed by atoms with E-state index < -0.39 is 5.91 Å². The number of aromatic nitrogens is 5. The van der Waals surface area contributed by atoms with Crippen molar-refractivity contribution in [2.24, 2.45) is 12.8 Å². The molecule has 10 nitrogen and oxygen atoms in total. The minimum atomic E-state index is -0.453. The van der Waals surface area contributed by atoms with E-state index in [4.69, 9.17) is 10.2 Å². The van der Waals surface area contributed by atoms with Crippen molar-refractivity contribution in [3.05, 3.63) is 72.1 Å². The topological polar surface area (TPSA) is 137 Å². The van der Waals surface area contributed by atoms with Crippen molar-refractivity contribution in [2.45, 2.75) is 13.0 Å². The molecule has 4 rings (SSSR count). The maximum atomic E-state index is 12.7. The number of carbonyl (C=O) groups is 1. The number of nitrogens with two attached hydrogens (primary N) is 1. The summed E-state index contributed by atoms with van der Waals surface area (Å²) >= 11 is 0. The molecule has 0 fully saturated rings. The fourth-order valence-electron chi connectivity index (χ4n) is 3.04. The minimum Gasteiger partial charge on any atom is -0.440 e. The Kier molecular flexibility index (Phi) is 5.72. The Bertz CT molecular complexity index is 1190. The molecule has 31 heavy (non-hydrogen) atoms. The quantitative estimate of drug-likeness (QED) is 0.416. The molecular weight excluding hydrogens is 396 g/mol. The molecule has 1 amide bonds. The largest absolute Gasteiger partial charge is 0.440 e. The highest BCUT2D eigenvalue weighted by atomic mass is 16.4. The predicted octanol–water partition coefficient (Wildman–Crippen LogP) is 2.35. The average molecular weight is 418 g/mol. The molecule has 0 radical (unpaired) electrons. The van der Waals surface area contributed by atoms with Gasteiger partial charge in [0.2, 0.25) is 5.95 Å². The van der Waals surface area contributed by atoms with Crippen molar-refractivity contribution >= 4 is 17.7 Å². The summed E-state index contributed by atoms with van der Waals surface area (Å²) in [5.74, 6) is 0.600. The molecule has 4 N–H and O–H groups in total. The third kappa shape index (κ3) is 4.43. The van der Waals surface area contributed by atoms with Crippen LogP contribution in [0.25, 0.3) is 11.4 Å². The molecule has 0 spiro atoms. The van der Waals surface area contributed by atoms with Gasteiger partial charge in [0, 0.05) is 25.9 Å². The van der Waals surface area contributed by atoms with Gasteiger partial charge in [0.15, 0.2) is 0 Å². The zero-order chi connectivity index (χ0) is 21.8. The first-order valence-electron chi connectivity index (χ1n) is 9.65. The van der Waals surface area contributed by atoms with E-state index in [0.717, 1.165) is 16.9 Å². The molecule has 0 aliphatic rings. The third-order valence-corrected chi connectivity index (χ3v) is 4.72. The summed E-state index contributed by atoms with van der Waals surface area (Å²) in [6.07, 6.45) is 4.75. The van der Waals surface area contributed by atoms with Gasteiger partial charge in [0.25, 0.3) is 5.89 Å². The second-order valence-corrected chi connectivity index (χ2v) is 6.90. The molecule has 0 unspecified atom stereocenters. The maximum absolute atomic E-state index is 12.7. The molecule has 0 saturated heterocycles. The van der Waals surface area contributed by atoms with Gasteiger partial charge < -0.3 is 20.8 Å². The fraction of sp³-hybridized carbons (Fsp3) is 0.190. The normalized spacial score (nSPS) is 11.8. The Labute approximate surface area is 178 Å². The Morgan fingerprint density at radius 1 is 1.23 bits per heavy atom. The second kappa shape index (κ2) is 8.76.